The summed E-state index contributed by atoms with van der Waals surface area (Å²) in [6.07, 6.45) is 0. The first-order chi connectivity index (χ1) is 11.0. The lowest BCUT2D eigenvalue weighted by molar-refractivity contribution is 0.0994. The van der Waals surface area contributed by atoms with Crippen molar-refractivity contribution in [3.05, 3.63) is 57.6 Å². The van der Waals surface area contributed by atoms with E-state index < -0.39 is 5.91 Å². The van der Waals surface area contributed by atoms with E-state index in [1.165, 1.54) is 0 Å². The van der Waals surface area contributed by atoms with Gasteiger partial charge in [-0.3, -0.25) is 4.79 Å². The van der Waals surface area contributed by atoms with Gasteiger partial charge in [0.25, 0.3) is 5.91 Å². The molecule has 2 aromatic carbocycles. The number of hydrogen-bond donors (Lipinski definition) is 2. The van der Waals surface area contributed by atoms with Crippen LogP contribution in [0.3, 0.4) is 0 Å². The van der Waals surface area contributed by atoms with Crippen molar-refractivity contribution in [2.24, 2.45) is 10.2 Å². The molecule has 0 fully saturated rings. The van der Waals surface area contributed by atoms with Gasteiger partial charge in [0.2, 0.25) is 5.88 Å². The molecule has 0 spiro atoms. The maximum absolute atomic E-state index is 12.2. The first-order valence-corrected chi connectivity index (χ1v) is 7.79. The van der Waals surface area contributed by atoms with Gasteiger partial charge in [-0.25, -0.2) is 0 Å². The summed E-state index contributed by atoms with van der Waals surface area (Å²) in [7, 11) is 0. The summed E-state index contributed by atoms with van der Waals surface area (Å²) >= 11 is 3.31. The van der Waals surface area contributed by atoms with Crippen LogP contribution in [0, 0.1) is 13.8 Å². The highest BCUT2D eigenvalue weighted by Gasteiger charge is 2.14. The molecule has 5 nitrogen and oxygen atoms in total. The molecule has 0 radical (unpaired) electrons. The van der Waals surface area contributed by atoms with E-state index in [-0.39, 0.29) is 11.6 Å². The van der Waals surface area contributed by atoms with Crippen molar-refractivity contribution in [2.75, 3.05) is 0 Å². The summed E-state index contributed by atoms with van der Waals surface area (Å²) < 4.78 is 0.652. The number of amides is 1. The van der Waals surface area contributed by atoms with Gasteiger partial charge in [-0.2, -0.15) is 0 Å². The summed E-state index contributed by atoms with van der Waals surface area (Å²) in [4.78, 5) is 15.0. The van der Waals surface area contributed by atoms with Crippen LogP contribution in [0.15, 0.2) is 51.1 Å². The molecule has 6 heteroatoms. The van der Waals surface area contributed by atoms with Crippen molar-refractivity contribution < 1.29 is 9.90 Å². The third-order valence-corrected chi connectivity index (χ3v) is 4.24. The standard InChI is InChI=1S/C17H14BrN3O2/c1-9-7-10(2)14-12(8-9)15(17(23)19-14)20-21-16(22)11-5-3-4-6-13(11)18/h3-8,19,23H,1-2H3. The van der Waals surface area contributed by atoms with Crippen LogP contribution in [0.25, 0.3) is 10.9 Å². The minimum Gasteiger partial charge on any atom is -0.493 e. The molecule has 2 N–H and O–H groups in total. The Hall–Kier alpha value is -2.47. The number of aromatic nitrogens is 1. The summed E-state index contributed by atoms with van der Waals surface area (Å²) in [6, 6.07) is 10.9. The summed E-state index contributed by atoms with van der Waals surface area (Å²) in [6.45, 7) is 3.90. The van der Waals surface area contributed by atoms with E-state index in [1.807, 2.05) is 32.0 Å². The summed E-state index contributed by atoms with van der Waals surface area (Å²) in [5.74, 6) is -0.576. The number of rotatable bonds is 2. The Bertz CT molecular complexity index is 944. The second kappa shape index (κ2) is 5.96. The average molecular weight is 372 g/mol. The van der Waals surface area contributed by atoms with Gasteiger partial charge in [0.15, 0.2) is 5.69 Å². The zero-order valence-corrected chi connectivity index (χ0v) is 14.2. The molecule has 0 saturated heterocycles. The molecule has 1 amide bonds. The van der Waals surface area contributed by atoms with Crippen molar-refractivity contribution >= 4 is 38.4 Å². The first-order valence-electron chi connectivity index (χ1n) is 7.00. The molecule has 3 rings (SSSR count). The van der Waals surface area contributed by atoms with Gasteiger partial charge in [0.05, 0.1) is 11.1 Å². The van der Waals surface area contributed by atoms with Crippen molar-refractivity contribution in [3.8, 4) is 5.88 Å². The van der Waals surface area contributed by atoms with Crippen LogP contribution >= 0.6 is 15.9 Å². The molecule has 3 aromatic rings. The van der Waals surface area contributed by atoms with Gasteiger partial charge in [0, 0.05) is 9.86 Å². The zero-order chi connectivity index (χ0) is 16.6. The Balaban J connectivity index is 2.03. The first kappa shape index (κ1) is 15.4. The highest BCUT2D eigenvalue weighted by molar-refractivity contribution is 9.10. The molecule has 0 aliphatic heterocycles. The number of carbonyl (C=O) groups excluding carboxylic acids is 1. The van der Waals surface area contributed by atoms with Crippen LogP contribution in [0.2, 0.25) is 0 Å². The molecule has 0 unspecified atom stereocenters. The van der Waals surface area contributed by atoms with Crippen LogP contribution in [-0.4, -0.2) is 16.0 Å². The maximum Gasteiger partial charge on any atom is 0.296 e. The van der Waals surface area contributed by atoms with Gasteiger partial charge in [-0.1, -0.05) is 23.8 Å². The van der Waals surface area contributed by atoms with E-state index in [0.717, 1.165) is 22.0 Å². The third-order valence-electron chi connectivity index (χ3n) is 3.55. The predicted molar refractivity (Wildman–Crippen MR) is 92.4 cm³/mol. The zero-order valence-electron chi connectivity index (χ0n) is 12.6. The maximum atomic E-state index is 12.2. The monoisotopic (exact) mass is 371 g/mol. The van der Waals surface area contributed by atoms with E-state index in [4.69, 9.17) is 0 Å². The van der Waals surface area contributed by atoms with E-state index >= 15 is 0 Å². The fourth-order valence-corrected chi connectivity index (χ4v) is 2.96. The SMILES string of the molecule is Cc1cc(C)c2[nH]c(O)c(N=NC(=O)c3ccccc3Br)c2c1. The summed E-state index contributed by atoms with van der Waals surface area (Å²) in [5, 5.41) is 18.5. The molecule has 0 aliphatic rings. The van der Waals surface area contributed by atoms with E-state index in [2.05, 4.69) is 31.1 Å². The molecule has 0 atom stereocenters. The van der Waals surface area contributed by atoms with Crippen LogP contribution in [-0.2, 0) is 0 Å². The van der Waals surface area contributed by atoms with Gasteiger partial charge in [-0.15, -0.1) is 10.2 Å². The number of fused-ring (bicyclic) bond motifs is 1. The number of aromatic hydroxyl groups is 1. The molecular formula is C17H14BrN3O2. The number of benzene rings is 2. The molecule has 1 heterocycles. The second-order valence-electron chi connectivity index (χ2n) is 5.31. The Morgan fingerprint density at radius 2 is 1.96 bits per heavy atom. The molecule has 0 bridgehead atoms. The number of aryl methyl sites for hydroxylation is 2. The van der Waals surface area contributed by atoms with Crippen molar-refractivity contribution in [1.82, 2.24) is 4.98 Å². The van der Waals surface area contributed by atoms with Gasteiger partial charge >= 0.3 is 0 Å². The lowest BCUT2D eigenvalue weighted by Gasteiger charge is -1.99. The number of nitrogens with zero attached hydrogens (tertiary/aromatic N) is 2. The normalized spacial score (nSPS) is 11.4. The molecular weight excluding hydrogens is 358 g/mol. The highest BCUT2D eigenvalue weighted by atomic mass is 79.9. The fraction of sp³-hybridized carbons (Fsp3) is 0.118. The number of nitrogens with one attached hydrogen (secondary N) is 1. The predicted octanol–water partition coefficient (Wildman–Crippen LogP) is 5.18. The third kappa shape index (κ3) is 2.90. The lowest BCUT2D eigenvalue weighted by atomic mass is 10.1. The van der Waals surface area contributed by atoms with E-state index in [1.54, 1.807) is 18.2 Å². The van der Waals surface area contributed by atoms with E-state index in [9.17, 15) is 9.90 Å². The molecule has 0 aliphatic carbocycles. The average Bonchev–Trinajstić information content (AvgIpc) is 2.81. The van der Waals surface area contributed by atoms with E-state index in [0.29, 0.717) is 10.0 Å². The number of azo groups is 1. The quantitative estimate of drug-likeness (QED) is 0.608. The number of halogens is 1. The fourth-order valence-electron chi connectivity index (χ4n) is 2.51. The van der Waals surface area contributed by atoms with Crippen LogP contribution in [0.1, 0.15) is 21.5 Å². The number of carbonyl (C=O) groups is 1. The van der Waals surface area contributed by atoms with Crippen LogP contribution < -0.4 is 0 Å². The minimum absolute atomic E-state index is 0.0997. The molecule has 1 aromatic heterocycles. The summed E-state index contributed by atoms with van der Waals surface area (Å²) in [5.41, 5.74) is 3.52. The van der Waals surface area contributed by atoms with Crippen LogP contribution in [0.4, 0.5) is 5.69 Å². The number of hydrogen-bond acceptors (Lipinski definition) is 3. The van der Waals surface area contributed by atoms with Gasteiger partial charge < -0.3 is 10.1 Å². The van der Waals surface area contributed by atoms with Crippen molar-refractivity contribution in [3.63, 3.8) is 0 Å². The highest BCUT2D eigenvalue weighted by Crippen LogP contribution is 2.37. The Labute approximate surface area is 141 Å². The minimum atomic E-state index is -0.476. The number of H-pyrrole nitrogens is 1. The van der Waals surface area contributed by atoms with Crippen molar-refractivity contribution in [1.29, 1.82) is 0 Å². The topological polar surface area (TPSA) is 77.8 Å². The van der Waals surface area contributed by atoms with Crippen LogP contribution in [0.5, 0.6) is 5.88 Å². The van der Waals surface area contributed by atoms with Gasteiger partial charge in [-0.05, 0) is 53.5 Å². The Kier molecular flexibility index (Phi) is 4.00. The van der Waals surface area contributed by atoms with Crippen molar-refractivity contribution in [2.45, 2.75) is 13.8 Å². The largest absolute Gasteiger partial charge is 0.493 e. The molecule has 0 saturated carbocycles. The Morgan fingerprint density at radius 1 is 1.22 bits per heavy atom. The number of aromatic amines is 1. The second-order valence-corrected chi connectivity index (χ2v) is 6.17. The molecule has 23 heavy (non-hydrogen) atoms. The smallest absolute Gasteiger partial charge is 0.296 e. The van der Waals surface area contributed by atoms with Gasteiger partial charge in [0.1, 0.15) is 0 Å². The lowest BCUT2D eigenvalue weighted by Crippen LogP contribution is -1.94. The molecule has 116 valence electrons. The Morgan fingerprint density at radius 3 is 2.70 bits per heavy atom.